The van der Waals surface area contributed by atoms with Crippen molar-refractivity contribution in [1.29, 1.82) is 0 Å². The molecule has 0 radical (unpaired) electrons. The van der Waals surface area contributed by atoms with Gasteiger partial charge in [0.2, 0.25) is 0 Å². The van der Waals surface area contributed by atoms with Crippen LogP contribution in [0.15, 0.2) is 41.5 Å². The van der Waals surface area contributed by atoms with Gasteiger partial charge in [0, 0.05) is 44.9 Å². The molecule has 1 saturated heterocycles. The van der Waals surface area contributed by atoms with Crippen molar-refractivity contribution < 1.29 is 18.0 Å². The van der Waals surface area contributed by atoms with Crippen LogP contribution in [0.4, 0.5) is 23.7 Å². The molecule has 0 bridgehead atoms. The first-order chi connectivity index (χ1) is 16.8. The molecule has 35 heavy (non-hydrogen) atoms. The number of carbonyl (C=O) groups is 1. The highest BCUT2D eigenvalue weighted by Crippen LogP contribution is 2.31. The van der Waals surface area contributed by atoms with Gasteiger partial charge in [-0.15, -0.1) is 0 Å². The fraction of sp³-hybridized carbons (Fsp3) is 0.333. The number of anilines is 1. The van der Waals surface area contributed by atoms with E-state index in [0.717, 1.165) is 6.07 Å². The van der Waals surface area contributed by atoms with Crippen molar-refractivity contribution in [3.05, 3.63) is 71.1 Å². The molecule has 3 heterocycles. The van der Waals surface area contributed by atoms with Crippen LogP contribution in [0.5, 0.6) is 0 Å². The molecule has 2 amide bonds. The second-order valence-corrected chi connectivity index (χ2v) is 8.61. The van der Waals surface area contributed by atoms with Crippen molar-refractivity contribution in [2.75, 3.05) is 31.1 Å². The molecular formula is C24H24F3N7O. The monoisotopic (exact) mass is 483 g/mol. The summed E-state index contributed by atoms with van der Waals surface area (Å²) in [7, 11) is 0. The second-order valence-electron chi connectivity index (χ2n) is 8.61. The highest BCUT2D eigenvalue weighted by molar-refractivity contribution is 5.79. The van der Waals surface area contributed by atoms with Gasteiger partial charge >= 0.3 is 6.03 Å². The van der Waals surface area contributed by atoms with Crippen molar-refractivity contribution >= 4 is 17.9 Å². The van der Waals surface area contributed by atoms with E-state index in [2.05, 4.69) is 15.2 Å². The fourth-order valence-electron chi connectivity index (χ4n) is 4.57. The smallest absolute Gasteiger partial charge is 0.341 e. The molecule has 1 unspecified atom stereocenters. The van der Waals surface area contributed by atoms with Crippen LogP contribution in [0.2, 0.25) is 0 Å². The number of aromatic nitrogens is 3. The van der Waals surface area contributed by atoms with Gasteiger partial charge in [0.15, 0.2) is 0 Å². The van der Waals surface area contributed by atoms with Gasteiger partial charge in [0.1, 0.15) is 29.1 Å². The lowest BCUT2D eigenvalue weighted by atomic mass is 10.0. The van der Waals surface area contributed by atoms with Gasteiger partial charge in [-0.25, -0.2) is 32.6 Å². The summed E-state index contributed by atoms with van der Waals surface area (Å²) in [6, 6.07) is 7.09. The predicted molar refractivity (Wildman–Crippen MR) is 124 cm³/mol. The summed E-state index contributed by atoms with van der Waals surface area (Å²) in [5, 5.41) is 9.79. The topological polar surface area (TPSA) is 69.9 Å². The van der Waals surface area contributed by atoms with E-state index >= 15 is 0 Å². The molecule has 0 spiro atoms. The van der Waals surface area contributed by atoms with Gasteiger partial charge in [-0.2, -0.15) is 10.2 Å². The quantitative estimate of drug-likeness (QED) is 0.565. The summed E-state index contributed by atoms with van der Waals surface area (Å²) in [4.78, 5) is 21.0. The summed E-state index contributed by atoms with van der Waals surface area (Å²) in [6.07, 6.45) is 1.93. The Morgan fingerprint density at radius 2 is 1.69 bits per heavy atom. The van der Waals surface area contributed by atoms with E-state index in [1.54, 1.807) is 34.9 Å². The summed E-state index contributed by atoms with van der Waals surface area (Å²) in [5.74, 6) is -0.430. The number of nitrogens with zero attached hydrogens (tertiary/aromatic N) is 7. The van der Waals surface area contributed by atoms with Gasteiger partial charge in [0.25, 0.3) is 0 Å². The minimum Gasteiger partial charge on any atom is -0.366 e. The zero-order chi connectivity index (χ0) is 24.7. The van der Waals surface area contributed by atoms with E-state index in [9.17, 15) is 18.0 Å². The number of hydrazone groups is 1. The first kappa shape index (κ1) is 22.9. The summed E-state index contributed by atoms with van der Waals surface area (Å²) >= 11 is 0. The molecule has 2 aromatic carbocycles. The Labute approximate surface area is 200 Å². The molecule has 0 saturated carbocycles. The summed E-state index contributed by atoms with van der Waals surface area (Å²) < 4.78 is 43.8. The van der Waals surface area contributed by atoms with Gasteiger partial charge in [-0.1, -0.05) is 0 Å². The van der Waals surface area contributed by atoms with Crippen molar-refractivity contribution in [3.63, 3.8) is 0 Å². The number of hydrogen-bond acceptors (Lipinski definition) is 5. The molecule has 11 heteroatoms. The first-order valence-electron chi connectivity index (χ1n) is 11.3. The highest BCUT2D eigenvalue weighted by Gasteiger charge is 2.34. The Bertz CT molecular complexity index is 1280. The molecule has 2 aliphatic rings. The normalized spacial score (nSPS) is 18.0. The third kappa shape index (κ3) is 4.45. The van der Waals surface area contributed by atoms with Crippen molar-refractivity contribution in [3.8, 4) is 5.69 Å². The van der Waals surface area contributed by atoms with Crippen LogP contribution in [0, 0.1) is 31.3 Å². The maximum Gasteiger partial charge on any atom is 0.341 e. The van der Waals surface area contributed by atoms with E-state index in [-0.39, 0.29) is 11.8 Å². The Hall–Kier alpha value is -3.89. The number of piperazine rings is 1. The van der Waals surface area contributed by atoms with E-state index in [1.165, 1.54) is 23.2 Å². The number of carbonyl (C=O) groups excluding carboxylic acids is 1. The summed E-state index contributed by atoms with van der Waals surface area (Å²) in [6.45, 7) is 5.15. The van der Waals surface area contributed by atoms with Crippen molar-refractivity contribution in [2.24, 2.45) is 5.10 Å². The van der Waals surface area contributed by atoms with Crippen LogP contribution in [-0.4, -0.2) is 63.1 Å². The van der Waals surface area contributed by atoms with Crippen molar-refractivity contribution in [1.82, 2.24) is 24.7 Å². The number of halogens is 3. The zero-order valence-electron chi connectivity index (χ0n) is 19.3. The second kappa shape index (κ2) is 9.05. The fourth-order valence-corrected chi connectivity index (χ4v) is 4.57. The molecule has 1 fully saturated rings. The molecule has 182 valence electrons. The Morgan fingerprint density at radius 3 is 2.34 bits per heavy atom. The number of aryl methyl sites for hydroxylation is 2. The van der Waals surface area contributed by atoms with E-state index in [1.807, 2.05) is 11.8 Å². The predicted octanol–water partition coefficient (Wildman–Crippen LogP) is 3.98. The molecule has 1 aromatic heterocycles. The van der Waals surface area contributed by atoms with Gasteiger partial charge < -0.3 is 9.80 Å². The molecule has 1 atom stereocenters. The minimum atomic E-state index is -0.701. The average molecular weight is 483 g/mol. The lowest BCUT2D eigenvalue weighted by Crippen LogP contribution is -2.52. The molecule has 8 nitrogen and oxygen atoms in total. The molecule has 5 rings (SSSR count). The van der Waals surface area contributed by atoms with Gasteiger partial charge in [-0.3, -0.25) is 0 Å². The largest absolute Gasteiger partial charge is 0.366 e. The van der Waals surface area contributed by atoms with Crippen LogP contribution in [0.25, 0.3) is 5.69 Å². The van der Waals surface area contributed by atoms with Crippen LogP contribution in [0.3, 0.4) is 0 Å². The Kier molecular flexibility index (Phi) is 5.91. The highest BCUT2D eigenvalue weighted by atomic mass is 19.1. The molecule has 0 N–H and O–H groups in total. The molecular weight excluding hydrogens is 459 g/mol. The number of benzene rings is 2. The van der Waals surface area contributed by atoms with Crippen LogP contribution in [-0.2, 0) is 0 Å². The Morgan fingerprint density at radius 1 is 0.971 bits per heavy atom. The maximum atomic E-state index is 14.7. The standard InChI is InChI=1S/C24H24F3N7O/c1-15-29-16(2)33(30-15)20-3-4-21(27)23(14-20)31-7-9-32(10-8-31)24(35)34-22(5-6-28-34)17-11-18(25)13-19(26)12-17/h3-4,6,11-14,22H,5,7-10H2,1-2H3. The van der Waals surface area contributed by atoms with Crippen molar-refractivity contribution in [2.45, 2.75) is 26.3 Å². The molecule has 0 aliphatic carbocycles. The average Bonchev–Trinajstić information content (AvgIpc) is 3.45. The van der Waals surface area contributed by atoms with Crippen LogP contribution < -0.4 is 4.90 Å². The van der Waals surface area contributed by atoms with E-state index in [4.69, 9.17) is 0 Å². The minimum absolute atomic E-state index is 0.347. The van der Waals surface area contributed by atoms with E-state index < -0.39 is 17.7 Å². The maximum absolute atomic E-state index is 14.7. The number of rotatable bonds is 3. The van der Waals surface area contributed by atoms with Gasteiger partial charge in [-0.05, 0) is 49.7 Å². The van der Waals surface area contributed by atoms with Gasteiger partial charge in [0.05, 0.1) is 17.4 Å². The number of hydrogen-bond donors (Lipinski definition) is 0. The van der Waals surface area contributed by atoms with Crippen LogP contribution in [0.1, 0.15) is 29.7 Å². The Balaban J connectivity index is 1.29. The number of urea groups is 1. The van der Waals surface area contributed by atoms with Crippen LogP contribution >= 0.6 is 0 Å². The van der Waals surface area contributed by atoms with E-state index in [0.29, 0.717) is 61.2 Å². The molecule has 2 aliphatic heterocycles. The lowest BCUT2D eigenvalue weighted by Gasteiger charge is -2.38. The third-order valence-electron chi connectivity index (χ3n) is 6.24. The third-order valence-corrected chi connectivity index (χ3v) is 6.24. The SMILES string of the molecule is Cc1nc(C)n(-c2ccc(F)c(N3CCN(C(=O)N4N=CCC4c4cc(F)cc(F)c4)CC3)c2)n1. The lowest BCUT2D eigenvalue weighted by molar-refractivity contribution is 0.139. The summed E-state index contributed by atoms with van der Waals surface area (Å²) in [5.41, 5.74) is 1.48. The molecule has 3 aromatic rings. The number of amides is 2. The first-order valence-corrected chi connectivity index (χ1v) is 11.3. The zero-order valence-corrected chi connectivity index (χ0v) is 19.3.